The molecule has 0 amide bonds. The lowest BCUT2D eigenvalue weighted by Crippen LogP contribution is -2.28. The molecule has 17 heavy (non-hydrogen) atoms. The molecule has 0 saturated carbocycles. The van der Waals surface area contributed by atoms with Gasteiger partial charge in [0.2, 0.25) is 0 Å². The number of halogens is 1. The van der Waals surface area contributed by atoms with Gasteiger partial charge < -0.3 is 10.2 Å². The normalized spacial score (nSPS) is 14.5. The van der Waals surface area contributed by atoms with Crippen LogP contribution < -0.4 is 10.2 Å². The fraction of sp³-hybridized carbons (Fsp3) is 0.571. The molecule has 0 heterocycles. The van der Waals surface area contributed by atoms with Crippen LogP contribution >= 0.6 is 15.9 Å². The molecule has 0 aliphatic carbocycles. The van der Waals surface area contributed by atoms with Gasteiger partial charge in [-0.05, 0) is 60.9 Å². The Bertz CT molecular complexity index is 365. The summed E-state index contributed by atoms with van der Waals surface area (Å²) in [5.74, 6) is 0. The zero-order valence-electron chi connectivity index (χ0n) is 11.4. The minimum absolute atomic E-state index is 0.384. The first-order valence-corrected chi connectivity index (χ1v) is 7.00. The number of benzene rings is 1. The van der Waals surface area contributed by atoms with E-state index in [1.165, 1.54) is 15.7 Å². The number of rotatable bonds is 5. The maximum absolute atomic E-state index is 3.67. The van der Waals surface area contributed by atoms with Crippen molar-refractivity contribution >= 4 is 21.6 Å². The third kappa shape index (κ3) is 3.46. The highest BCUT2D eigenvalue weighted by Gasteiger charge is 2.12. The van der Waals surface area contributed by atoms with Gasteiger partial charge in [0.1, 0.15) is 0 Å². The molecular formula is C14H23BrN2. The van der Waals surface area contributed by atoms with E-state index in [4.69, 9.17) is 0 Å². The summed E-state index contributed by atoms with van der Waals surface area (Å²) in [6.07, 6.45) is 1.15. The molecule has 0 aliphatic heterocycles. The standard InChI is InChI=1S/C14H23BrN2/c1-6-10(2)17(5)14-8-7-12(9-13(14)15)11(3)16-4/h7-11,16H,6H2,1-5H3. The van der Waals surface area contributed by atoms with Crippen LogP contribution in [0.1, 0.15) is 38.8 Å². The van der Waals surface area contributed by atoms with Gasteiger partial charge in [0.05, 0.1) is 5.69 Å². The first-order valence-electron chi connectivity index (χ1n) is 6.20. The number of nitrogens with one attached hydrogen (secondary N) is 1. The van der Waals surface area contributed by atoms with Gasteiger partial charge in [-0.1, -0.05) is 13.0 Å². The second kappa shape index (κ2) is 6.41. The van der Waals surface area contributed by atoms with Crippen molar-refractivity contribution in [3.63, 3.8) is 0 Å². The van der Waals surface area contributed by atoms with Crippen molar-refractivity contribution in [3.05, 3.63) is 28.2 Å². The van der Waals surface area contributed by atoms with Crippen LogP contribution in [0.5, 0.6) is 0 Å². The molecule has 2 atom stereocenters. The van der Waals surface area contributed by atoms with Gasteiger partial charge in [-0.25, -0.2) is 0 Å². The zero-order chi connectivity index (χ0) is 13.0. The molecule has 1 aromatic carbocycles. The van der Waals surface area contributed by atoms with Gasteiger partial charge in [0.25, 0.3) is 0 Å². The Morgan fingerprint density at radius 1 is 1.35 bits per heavy atom. The minimum atomic E-state index is 0.384. The molecule has 0 fully saturated rings. The molecule has 1 aromatic rings. The van der Waals surface area contributed by atoms with Gasteiger partial charge in [0.15, 0.2) is 0 Å². The summed E-state index contributed by atoms with van der Waals surface area (Å²) in [6.45, 7) is 6.63. The lowest BCUT2D eigenvalue weighted by Gasteiger charge is -2.27. The molecule has 1 N–H and O–H groups in total. The number of hydrogen-bond donors (Lipinski definition) is 1. The van der Waals surface area contributed by atoms with Gasteiger partial charge in [-0.3, -0.25) is 0 Å². The van der Waals surface area contributed by atoms with Crippen molar-refractivity contribution in [1.82, 2.24) is 5.32 Å². The van der Waals surface area contributed by atoms with E-state index in [-0.39, 0.29) is 0 Å². The van der Waals surface area contributed by atoms with Gasteiger partial charge >= 0.3 is 0 Å². The maximum Gasteiger partial charge on any atom is 0.0510 e. The quantitative estimate of drug-likeness (QED) is 0.885. The fourth-order valence-electron chi connectivity index (χ4n) is 1.76. The summed E-state index contributed by atoms with van der Waals surface area (Å²) >= 11 is 3.67. The van der Waals surface area contributed by atoms with E-state index in [0.29, 0.717) is 12.1 Å². The largest absolute Gasteiger partial charge is 0.371 e. The molecule has 2 nitrogen and oxygen atoms in total. The highest BCUT2D eigenvalue weighted by molar-refractivity contribution is 9.10. The van der Waals surface area contributed by atoms with Crippen LogP contribution in [0, 0.1) is 0 Å². The van der Waals surface area contributed by atoms with Crippen LogP contribution in [0.3, 0.4) is 0 Å². The molecule has 0 aromatic heterocycles. The first kappa shape index (κ1) is 14.5. The third-order valence-corrected chi connectivity index (χ3v) is 4.17. The summed E-state index contributed by atoms with van der Waals surface area (Å²) in [5.41, 5.74) is 2.56. The second-order valence-electron chi connectivity index (χ2n) is 4.59. The van der Waals surface area contributed by atoms with Gasteiger partial charge in [-0.15, -0.1) is 0 Å². The van der Waals surface area contributed by atoms with Crippen molar-refractivity contribution in [2.45, 2.75) is 39.3 Å². The Kier molecular flexibility index (Phi) is 5.47. The van der Waals surface area contributed by atoms with Crippen molar-refractivity contribution < 1.29 is 0 Å². The van der Waals surface area contributed by atoms with E-state index < -0.39 is 0 Å². The van der Waals surface area contributed by atoms with Crippen LogP contribution in [-0.2, 0) is 0 Å². The van der Waals surface area contributed by atoms with E-state index in [0.717, 1.165) is 6.42 Å². The van der Waals surface area contributed by atoms with Gasteiger partial charge in [-0.2, -0.15) is 0 Å². The van der Waals surface area contributed by atoms with Crippen molar-refractivity contribution in [3.8, 4) is 0 Å². The summed E-state index contributed by atoms with van der Waals surface area (Å²) in [6, 6.07) is 7.53. The molecule has 3 heteroatoms. The predicted molar refractivity (Wildman–Crippen MR) is 79.8 cm³/mol. The van der Waals surface area contributed by atoms with Crippen LogP contribution in [0.15, 0.2) is 22.7 Å². The molecule has 0 spiro atoms. The number of nitrogens with zero attached hydrogens (tertiary/aromatic N) is 1. The number of hydrogen-bond acceptors (Lipinski definition) is 2. The molecule has 0 aliphatic rings. The summed E-state index contributed by atoms with van der Waals surface area (Å²) in [7, 11) is 4.13. The van der Waals surface area contributed by atoms with E-state index in [1.54, 1.807) is 0 Å². The average molecular weight is 299 g/mol. The van der Waals surface area contributed by atoms with Gasteiger partial charge in [0, 0.05) is 23.6 Å². The summed E-state index contributed by atoms with van der Waals surface area (Å²) in [5, 5.41) is 3.26. The maximum atomic E-state index is 3.67. The SMILES string of the molecule is CCC(C)N(C)c1ccc(C(C)NC)cc1Br. The van der Waals surface area contributed by atoms with Crippen LogP contribution in [0.4, 0.5) is 5.69 Å². The van der Waals surface area contributed by atoms with E-state index in [1.807, 2.05) is 7.05 Å². The highest BCUT2D eigenvalue weighted by atomic mass is 79.9. The predicted octanol–water partition coefficient (Wildman–Crippen LogP) is 3.96. The molecule has 0 saturated heterocycles. The van der Waals surface area contributed by atoms with E-state index >= 15 is 0 Å². The minimum Gasteiger partial charge on any atom is -0.371 e. The fourth-order valence-corrected chi connectivity index (χ4v) is 2.43. The van der Waals surface area contributed by atoms with E-state index in [9.17, 15) is 0 Å². The topological polar surface area (TPSA) is 15.3 Å². The van der Waals surface area contributed by atoms with Crippen molar-refractivity contribution in [1.29, 1.82) is 0 Å². The van der Waals surface area contributed by atoms with Crippen molar-refractivity contribution in [2.75, 3.05) is 19.0 Å². The monoisotopic (exact) mass is 298 g/mol. The Morgan fingerprint density at radius 2 is 2.00 bits per heavy atom. The summed E-state index contributed by atoms with van der Waals surface area (Å²) < 4.78 is 1.17. The molecule has 96 valence electrons. The average Bonchev–Trinajstić information content (AvgIpc) is 2.35. The lowest BCUT2D eigenvalue weighted by molar-refractivity contribution is 0.648. The molecule has 1 rings (SSSR count). The smallest absolute Gasteiger partial charge is 0.0510 e. The summed E-state index contributed by atoms with van der Waals surface area (Å²) in [4.78, 5) is 2.32. The van der Waals surface area contributed by atoms with Crippen LogP contribution in [0.25, 0.3) is 0 Å². The molecular weight excluding hydrogens is 276 g/mol. The molecule has 0 radical (unpaired) electrons. The second-order valence-corrected chi connectivity index (χ2v) is 5.44. The highest BCUT2D eigenvalue weighted by Crippen LogP contribution is 2.30. The first-order chi connectivity index (χ1) is 8.01. The number of anilines is 1. The molecule has 2 unspecified atom stereocenters. The van der Waals surface area contributed by atoms with Crippen molar-refractivity contribution in [2.24, 2.45) is 0 Å². The lowest BCUT2D eigenvalue weighted by atomic mass is 10.1. The zero-order valence-corrected chi connectivity index (χ0v) is 13.0. The van der Waals surface area contributed by atoms with Crippen LogP contribution in [-0.4, -0.2) is 20.1 Å². The third-order valence-electron chi connectivity index (χ3n) is 3.54. The Morgan fingerprint density at radius 3 is 2.47 bits per heavy atom. The Balaban J connectivity index is 2.97. The van der Waals surface area contributed by atoms with E-state index in [2.05, 4.69) is 72.2 Å². The Hall–Kier alpha value is -0.540. The van der Waals surface area contributed by atoms with Crippen LogP contribution in [0.2, 0.25) is 0 Å². The molecule has 0 bridgehead atoms. The Labute approximate surface area is 114 Å².